The number of β-amino-alcohol motifs (C(OH)–C–C–N with tert-alkyl or cyclic N) is 1. The molecule has 2 N–H and O–H groups in total. The number of hydrogen-bond acceptors (Lipinski definition) is 4. The molecule has 6 heteroatoms. The third-order valence-electron chi connectivity index (χ3n) is 6.99. The molecule has 5 aliphatic rings. The van der Waals surface area contributed by atoms with E-state index in [2.05, 4.69) is 5.32 Å². The number of benzene rings is 1. The van der Waals surface area contributed by atoms with Gasteiger partial charge in [-0.3, -0.25) is 9.59 Å². The molecular formula is C21H26N2O4. The Morgan fingerprint density at radius 3 is 2.89 bits per heavy atom. The molecule has 3 aliphatic carbocycles. The lowest BCUT2D eigenvalue weighted by atomic mass is 9.59. The molecule has 6 nitrogen and oxygen atoms in total. The summed E-state index contributed by atoms with van der Waals surface area (Å²) in [5.41, 5.74) is -0.0912. The number of aliphatic hydroxyl groups excluding tert-OH is 1. The molecule has 6 rings (SSSR count). The molecule has 2 bridgehead atoms. The summed E-state index contributed by atoms with van der Waals surface area (Å²) in [6.07, 6.45) is 4.66. The van der Waals surface area contributed by atoms with Crippen molar-refractivity contribution in [1.82, 2.24) is 10.2 Å². The van der Waals surface area contributed by atoms with E-state index in [1.54, 1.807) is 6.07 Å². The third-order valence-corrected chi connectivity index (χ3v) is 6.99. The molecule has 1 spiro atoms. The zero-order chi connectivity index (χ0) is 18.6. The first-order chi connectivity index (χ1) is 13.1. The number of aliphatic hydroxyl groups is 1. The van der Waals surface area contributed by atoms with Crippen molar-refractivity contribution in [2.24, 2.45) is 17.8 Å². The van der Waals surface area contributed by atoms with Crippen LogP contribution in [0.2, 0.25) is 0 Å². The van der Waals surface area contributed by atoms with Gasteiger partial charge in [-0.05, 0) is 50.2 Å². The van der Waals surface area contributed by atoms with Crippen molar-refractivity contribution < 1.29 is 19.4 Å². The highest BCUT2D eigenvalue weighted by molar-refractivity contribution is 5.98. The normalized spacial score (nSPS) is 37.5. The minimum Gasteiger partial charge on any atom is -0.467 e. The van der Waals surface area contributed by atoms with Crippen LogP contribution in [0, 0.1) is 17.8 Å². The maximum Gasteiger partial charge on any atom is 0.258 e. The molecule has 27 heavy (non-hydrogen) atoms. The highest BCUT2D eigenvalue weighted by Gasteiger charge is 2.57. The van der Waals surface area contributed by atoms with E-state index in [0.717, 1.165) is 38.6 Å². The van der Waals surface area contributed by atoms with Gasteiger partial charge in [0, 0.05) is 31.3 Å². The van der Waals surface area contributed by atoms with Crippen LogP contribution in [0.15, 0.2) is 24.3 Å². The monoisotopic (exact) mass is 370 g/mol. The van der Waals surface area contributed by atoms with Crippen molar-refractivity contribution in [1.29, 1.82) is 0 Å². The zero-order valence-electron chi connectivity index (χ0n) is 15.4. The number of hydrogen-bond donors (Lipinski definition) is 2. The van der Waals surface area contributed by atoms with Gasteiger partial charge in [0.05, 0.1) is 11.7 Å². The predicted molar refractivity (Wildman–Crippen MR) is 98.0 cm³/mol. The molecule has 2 amide bonds. The minimum atomic E-state index is -0.674. The van der Waals surface area contributed by atoms with Gasteiger partial charge in [0.1, 0.15) is 5.75 Å². The van der Waals surface area contributed by atoms with Crippen molar-refractivity contribution in [2.45, 2.75) is 50.4 Å². The van der Waals surface area contributed by atoms with Gasteiger partial charge in [-0.15, -0.1) is 0 Å². The quantitative estimate of drug-likeness (QED) is 0.792. The molecule has 0 radical (unpaired) electrons. The van der Waals surface area contributed by atoms with Crippen molar-refractivity contribution in [3.63, 3.8) is 0 Å². The van der Waals surface area contributed by atoms with Crippen LogP contribution < -0.4 is 10.1 Å². The Kier molecular flexibility index (Phi) is 3.93. The first-order valence-electron chi connectivity index (χ1n) is 10.1. The van der Waals surface area contributed by atoms with Crippen LogP contribution in [-0.4, -0.2) is 46.7 Å². The standard InChI is InChI=1S/C21H26N2O4/c24-15-4-3-9-23(12-15)20(26)17-10-14-8-7-13(17)11-21(14)22-19(25)16-5-1-2-6-18(16)27-21/h1-2,5-6,13-15,17,24H,3-4,7-12H2,(H,22,25)/t13-,14-,15+,17+,21-/m1/s1. The number of piperidine rings is 1. The second-order valence-corrected chi connectivity index (χ2v) is 8.60. The van der Waals surface area contributed by atoms with Gasteiger partial charge in [-0.2, -0.15) is 0 Å². The van der Waals surface area contributed by atoms with E-state index >= 15 is 0 Å². The van der Waals surface area contributed by atoms with E-state index in [4.69, 9.17) is 4.74 Å². The van der Waals surface area contributed by atoms with Gasteiger partial charge in [-0.1, -0.05) is 12.1 Å². The lowest BCUT2D eigenvalue weighted by Gasteiger charge is -2.55. The number of nitrogens with zero attached hydrogens (tertiary/aromatic N) is 1. The highest BCUT2D eigenvalue weighted by Crippen LogP contribution is 2.52. The number of amides is 2. The summed E-state index contributed by atoms with van der Waals surface area (Å²) in [5, 5.41) is 13.1. The van der Waals surface area contributed by atoms with Gasteiger partial charge < -0.3 is 20.1 Å². The summed E-state index contributed by atoms with van der Waals surface area (Å²) in [6, 6.07) is 7.37. The second kappa shape index (κ2) is 6.23. The van der Waals surface area contributed by atoms with Gasteiger partial charge >= 0.3 is 0 Å². The topological polar surface area (TPSA) is 78.9 Å². The first-order valence-corrected chi connectivity index (χ1v) is 10.1. The number of nitrogens with one attached hydrogen (secondary N) is 1. The van der Waals surface area contributed by atoms with Gasteiger partial charge in [-0.25, -0.2) is 0 Å². The van der Waals surface area contributed by atoms with Crippen molar-refractivity contribution in [3.8, 4) is 5.75 Å². The van der Waals surface area contributed by atoms with Crippen LogP contribution >= 0.6 is 0 Å². The number of rotatable bonds is 1. The number of ether oxygens (including phenoxy) is 1. The molecular weight excluding hydrogens is 344 g/mol. The predicted octanol–water partition coefficient (Wildman–Crippen LogP) is 1.92. The van der Waals surface area contributed by atoms with E-state index in [1.807, 2.05) is 23.1 Å². The van der Waals surface area contributed by atoms with Gasteiger partial charge in [0.2, 0.25) is 5.91 Å². The molecule has 1 aromatic carbocycles. The van der Waals surface area contributed by atoms with E-state index in [0.29, 0.717) is 24.3 Å². The SMILES string of the molecule is O=C1N[C@]2(C[C@H]3CC[C@@H]2C[C@@H]3C(=O)N2CCC[C@H](O)C2)Oc2ccccc21. The third kappa shape index (κ3) is 2.73. The fourth-order valence-corrected chi connectivity index (χ4v) is 5.65. The van der Waals surface area contributed by atoms with Gasteiger partial charge in [0.25, 0.3) is 5.91 Å². The van der Waals surface area contributed by atoms with E-state index in [9.17, 15) is 14.7 Å². The van der Waals surface area contributed by atoms with E-state index in [1.165, 1.54) is 0 Å². The molecule has 4 fully saturated rings. The Morgan fingerprint density at radius 2 is 2.11 bits per heavy atom. The molecule has 0 aromatic heterocycles. The maximum absolute atomic E-state index is 13.1. The van der Waals surface area contributed by atoms with Crippen LogP contribution in [0.4, 0.5) is 0 Å². The van der Waals surface area contributed by atoms with Crippen molar-refractivity contribution in [3.05, 3.63) is 29.8 Å². The molecule has 0 unspecified atom stereocenters. The van der Waals surface area contributed by atoms with Gasteiger partial charge in [0.15, 0.2) is 5.72 Å². The summed E-state index contributed by atoms with van der Waals surface area (Å²) >= 11 is 0. The Labute approximate surface area is 158 Å². The zero-order valence-corrected chi connectivity index (χ0v) is 15.4. The number of likely N-dealkylation sites (tertiary alicyclic amines) is 1. The van der Waals surface area contributed by atoms with Crippen molar-refractivity contribution >= 4 is 11.8 Å². The Balaban J connectivity index is 1.36. The Bertz CT molecular complexity index is 781. The van der Waals surface area contributed by atoms with Crippen LogP contribution in [0.1, 0.15) is 48.9 Å². The Morgan fingerprint density at radius 1 is 1.26 bits per heavy atom. The Hall–Kier alpha value is -2.08. The number of carbonyl (C=O) groups excluding carboxylic acids is 2. The van der Waals surface area contributed by atoms with E-state index in [-0.39, 0.29) is 29.6 Å². The maximum atomic E-state index is 13.1. The smallest absolute Gasteiger partial charge is 0.258 e. The minimum absolute atomic E-state index is 0.0163. The largest absolute Gasteiger partial charge is 0.467 e. The molecule has 3 saturated carbocycles. The lowest BCUT2D eigenvalue weighted by Crippen LogP contribution is -2.67. The second-order valence-electron chi connectivity index (χ2n) is 8.60. The van der Waals surface area contributed by atoms with Crippen molar-refractivity contribution in [2.75, 3.05) is 13.1 Å². The molecule has 5 atom stereocenters. The van der Waals surface area contributed by atoms with Crippen LogP contribution in [0.5, 0.6) is 5.75 Å². The number of carbonyl (C=O) groups is 2. The summed E-state index contributed by atoms with van der Waals surface area (Å²) in [7, 11) is 0. The molecule has 144 valence electrons. The average Bonchev–Trinajstić information content (AvgIpc) is 2.68. The summed E-state index contributed by atoms with van der Waals surface area (Å²) in [4.78, 5) is 27.6. The lowest BCUT2D eigenvalue weighted by molar-refractivity contribution is -0.157. The molecule has 2 heterocycles. The van der Waals surface area contributed by atoms with Crippen LogP contribution in [-0.2, 0) is 4.79 Å². The highest BCUT2D eigenvalue weighted by atomic mass is 16.5. The molecule has 2 aliphatic heterocycles. The molecule has 1 saturated heterocycles. The number of fused-ring (bicyclic) bond motifs is 3. The first kappa shape index (κ1) is 17.0. The summed E-state index contributed by atoms with van der Waals surface area (Å²) in [5.74, 6) is 1.09. The summed E-state index contributed by atoms with van der Waals surface area (Å²) in [6.45, 7) is 1.20. The van der Waals surface area contributed by atoms with E-state index < -0.39 is 11.8 Å². The van der Waals surface area contributed by atoms with Crippen LogP contribution in [0.25, 0.3) is 0 Å². The fourth-order valence-electron chi connectivity index (χ4n) is 5.65. The van der Waals surface area contributed by atoms with Crippen LogP contribution in [0.3, 0.4) is 0 Å². The number of para-hydroxylation sites is 1. The molecule has 1 aromatic rings. The average molecular weight is 370 g/mol. The summed E-state index contributed by atoms with van der Waals surface area (Å²) < 4.78 is 6.36. The fraction of sp³-hybridized carbons (Fsp3) is 0.619.